The van der Waals surface area contributed by atoms with E-state index in [1.165, 1.54) is 15.6 Å². The summed E-state index contributed by atoms with van der Waals surface area (Å²) in [5.74, 6) is -0.425. The number of hydrogen-bond donors (Lipinski definition) is 1. The Bertz CT molecular complexity index is 941. The summed E-state index contributed by atoms with van der Waals surface area (Å²) in [5, 5.41) is 11.5. The Hall–Kier alpha value is -1.65. The van der Waals surface area contributed by atoms with Crippen molar-refractivity contribution in [2.24, 2.45) is 0 Å². The standard InChI is InChI=1S/C18H26N4O3S3/c1-7-14(16(23)19-17-20-21-18(27-17)26-11(2)3)22(28(6,24)25)15-10-12(4)8-9-13(15)5/h8-11,14H,7H2,1-6H3,(H,19,20,23)/t14-/m1/s1. The molecule has 1 amide bonds. The van der Waals surface area contributed by atoms with Crippen LogP contribution >= 0.6 is 23.1 Å². The fraction of sp³-hybridized carbons (Fsp3) is 0.500. The lowest BCUT2D eigenvalue weighted by molar-refractivity contribution is -0.117. The number of carbonyl (C=O) groups excluding carboxylic acids is 1. The van der Waals surface area contributed by atoms with Gasteiger partial charge in [-0.25, -0.2) is 8.42 Å². The zero-order valence-corrected chi connectivity index (χ0v) is 19.3. The number of aryl methyl sites for hydroxylation is 2. The molecule has 1 atom stereocenters. The van der Waals surface area contributed by atoms with Gasteiger partial charge in [0, 0.05) is 5.25 Å². The molecule has 0 aliphatic heterocycles. The molecule has 1 heterocycles. The van der Waals surface area contributed by atoms with Crippen molar-refractivity contribution < 1.29 is 13.2 Å². The number of nitrogens with one attached hydrogen (secondary N) is 1. The maximum absolute atomic E-state index is 12.9. The number of anilines is 2. The van der Waals surface area contributed by atoms with Gasteiger partial charge >= 0.3 is 0 Å². The molecule has 0 unspecified atom stereocenters. The van der Waals surface area contributed by atoms with Gasteiger partial charge in [0.1, 0.15) is 6.04 Å². The predicted molar refractivity (Wildman–Crippen MR) is 117 cm³/mol. The Morgan fingerprint density at radius 1 is 1.29 bits per heavy atom. The van der Waals surface area contributed by atoms with Gasteiger partial charge in [-0.15, -0.1) is 10.2 Å². The monoisotopic (exact) mass is 442 g/mol. The van der Waals surface area contributed by atoms with E-state index in [-0.39, 0.29) is 0 Å². The first-order chi connectivity index (χ1) is 13.0. The second-order valence-electron chi connectivity index (χ2n) is 6.80. The van der Waals surface area contributed by atoms with E-state index in [1.807, 2.05) is 39.8 Å². The van der Waals surface area contributed by atoms with Crippen LogP contribution in [0, 0.1) is 13.8 Å². The first-order valence-corrected chi connectivity index (χ1v) is 12.4. The molecular formula is C18H26N4O3S3. The first kappa shape index (κ1) is 22.6. The normalized spacial score (nSPS) is 12.8. The highest BCUT2D eigenvalue weighted by Gasteiger charge is 2.33. The Kier molecular flexibility index (Phi) is 7.46. The summed E-state index contributed by atoms with van der Waals surface area (Å²) in [5.41, 5.74) is 2.22. The van der Waals surface area contributed by atoms with Crippen molar-refractivity contribution in [3.05, 3.63) is 29.3 Å². The van der Waals surface area contributed by atoms with Crippen LogP contribution in [0.4, 0.5) is 10.8 Å². The molecule has 154 valence electrons. The molecule has 7 nitrogen and oxygen atoms in total. The molecule has 2 aromatic rings. The fourth-order valence-electron chi connectivity index (χ4n) is 2.69. The molecule has 10 heteroatoms. The van der Waals surface area contributed by atoms with Gasteiger partial charge in [0.2, 0.25) is 21.1 Å². The van der Waals surface area contributed by atoms with Crippen LogP contribution in [0.25, 0.3) is 0 Å². The quantitative estimate of drug-likeness (QED) is 0.493. The highest BCUT2D eigenvalue weighted by Crippen LogP contribution is 2.30. The average Bonchev–Trinajstić information content (AvgIpc) is 2.99. The van der Waals surface area contributed by atoms with Crippen molar-refractivity contribution in [2.45, 2.75) is 56.7 Å². The molecule has 0 bridgehead atoms. The lowest BCUT2D eigenvalue weighted by atomic mass is 10.1. The van der Waals surface area contributed by atoms with Gasteiger partial charge < -0.3 is 0 Å². The molecular weight excluding hydrogens is 416 g/mol. The predicted octanol–water partition coefficient (Wildman–Crippen LogP) is 3.84. The average molecular weight is 443 g/mol. The van der Waals surface area contributed by atoms with Crippen LogP contribution in [-0.4, -0.2) is 42.1 Å². The van der Waals surface area contributed by atoms with E-state index in [0.717, 1.165) is 21.7 Å². The number of carbonyl (C=O) groups is 1. The fourth-order valence-corrected chi connectivity index (χ4v) is 5.93. The summed E-state index contributed by atoms with van der Waals surface area (Å²) in [7, 11) is -3.68. The molecule has 0 aliphatic rings. The molecule has 2 rings (SSSR count). The summed E-state index contributed by atoms with van der Waals surface area (Å²) in [6.45, 7) is 9.60. The summed E-state index contributed by atoms with van der Waals surface area (Å²) in [4.78, 5) is 12.9. The summed E-state index contributed by atoms with van der Waals surface area (Å²) >= 11 is 2.84. The third-order valence-corrected chi connectivity index (χ3v) is 7.00. The SMILES string of the molecule is CC[C@H](C(=O)Nc1nnc(SC(C)C)s1)N(c1cc(C)ccc1C)S(C)(=O)=O. The molecule has 1 aromatic carbocycles. The molecule has 0 saturated carbocycles. The minimum Gasteiger partial charge on any atom is -0.299 e. The van der Waals surface area contributed by atoms with E-state index < -0.39 is 22.0 Å². The highest BCUT2D eigenvalue weighted by atomic mass is 32.2. The molecule has 0 fully saturated rings. The van der Waals surface area contributed by atoms with E-state index in [4.69, 9.17) is 0 Å². The molecule has 0 saturated heterocycles. The molecule has 0 radical (unpaired) electrons. The highest BCUT2D eigenvalue weighted by molar-refractivity contribution is 8.01. The number of thioether (sulfide) groups is 1. The molecule has 0 aliphatic carbocycles. The van der Waals surface area contributed by atoms with Crippen LogP contribution in [0.1, 0.15) is 38.3 Å². The number of benzene rings is 1. The Labute approximate surface area is 175 Å². The van der Waals surface area contributed by atoms with Crippen molar-refractivity contribution in [2.75, 3.05) is 15.9 Å². The number of rotatable bonds is 8. The zero-order chi connectivity index (χ0) is 21.1. The van der Waals surface area contributed by atoms with Crippen LogP contribution in [0.15, 0.2) is 22.5 Å². The molecule has 1 N–H and O–H groups in total. The number of nitrogens with zero attached hydrogens (tertiary/aromatic N) is 3. The minimum absolute atomic E-state index is 0.318. The van der Waals surface area contributed by atoms with Crippen LogP contribution in [0.2, 0.25) is 0 Å². The van der Waals surface area contributed by atoms with Crippen molar-refractivity contribution in [1.82, 2.24) is 10.2 Å². The van der Waals surface area contributed by atoms with Gasteiger partial charge in [0.15, 0.2) is 4.34 Å². The van der Waals surface area contributed by atoms with Gasteiger partial charge in [-0.2, -0.15) is 0 Å². The van der Waals surface area contributed by atoms with Crippen LogP contribution in [0.5, 0.6) is 0 Å². The summed E-state index contributed by atoms with van der Waals surface area (Å²) < 4.78 is 27.2. The van der Waals surface area contributed by atoms with Gasteiger partial charge in [0.05, 0.1) is 11.9 Å². The largest absolute Gasteiger partial charge is 0.299 e. The first-order valence-electron chi connectivity index (χ1n) is 8.90. The van der Waals surface area contributed by atoms with E-state index in [0.29, 0.717) is 22.5 Å². The zero-order valence-electron chi connectivity index (χ0n) is 16.9. The van der Waals surface area contributed by atoms with E-state index >= 15 is 0 Å². The van der Waals surface area contributed by atoms with Crippen molar-refractivity contribution in [3.8, 4) is 0 Å². The lowest BCUT2D eigenvalue weighted by Gasteiger charge is -2.31. The number of aromatic nitrogens is 2. The maximum atomic E-state index is 12.9. The van der Waals surface area contributed by atoms with Crippen molar-refractivity contribution in [1.29, 1.82) is 0 Å². The summed E-state index contributed by atoms with van der Waals surface area (Å²) in [6.07, 6.45) is 1.44. The van der Waals surface area contributed by atoms with E-state index in [2.05, 4.69) is 15.5 Å². The number of amides is 1. The van der Waals surface area contributed by atoms with Crippen LogP contribution in [-0.2, 0) is 14.8 Å². The minimum atomic E-state index is -3.68. The number of hydrogen-bond acceptors (Lipinski definition) is 7. The summed E-state index contributed by atoms with van der Waals surface area (Å²) in [6, 6.07) is 4.67. The molecule has 1 aromatic heterocycles. The Morgan fingerprint density at radius 3 is 2.54 bits per heavy atom. The third kappa shape index (κ3) is 5.68. The topological polar surface area (TPSA) is 92.3 Å². The molecule has 28 heavy (non-hydrogen) atoms. The van der Waals surface area contributed by atoms with E-state index in [1.54, 1.807) is 24.8 Å². The Balaban J connectivity index is 2.34. The second-order valence-corrected chi connectivity index (χ2v) is 11.5. The lowest BCUT2D eigenvalue weighted by Crippen LogP contribution is -2.47. The number of sulfonamides is 1. The van der Waals surface area contributed by atoms with Crippen molar-refractivity contribution in [3.63, 3.8) is 0 Å². The third-order valence-electron chi connectivity index (χ3n) is 3.90. The van der Waals surface area contributed by atoms with E-state index in [9.17, 15) is 13.2 Å². The molecule has 0 spiro atoms. The van der Waals surface area contributed by atoms with Crippen molar-refractivity contribution >= 4 is 49.8 Å². The maximum Gasteiger partial charge on any atom is 0.250 e. The van der Waals surface area contributed by atoms with Gasteiger partial charge in [-0.1, -0.05) is 56.0 Å². The van der Waals surface area contributed by atoms with Gasteiger partial charge in [0.25, 0.3) is 0 Å². The smallest absolute Gasteiger partial charge is 0.250 e. The van der Waals surface area contributed by atoms with Crippen LogP contribution in [0.3, 0.4) is 0 Å². The van der Waals surface area contributed by atoms with Gasteiger partial charge in [-0.3, -0.25) is 14.4 Å². The Morgan fingerprint density at radius 2 is 1.96 bits per heavy atom. The second kappa shape index (κ2) is 9.23. The van der Waals surface area contributed by atoms with Crippen LogP contribution < -0.4 is 9.62 Å². The van der Waals surface area contributed by atoms with Gasteiger partial charge in [-0.05, 0) is 37.5 Å².